The first-order valence-corrected chi connectivity index (χ1v) is 9.66. The van der Waals surface area contributed by atoms with Gasteiger partial charge in [-0.1, -0.05) is 15.9 Å². The second-order valence-corrected chi connectivity index (χ2v) is 7.48. The summed E-state index contributed by atoms with van der Waals surface area (Å²) < 4.78 is 6.22. The second kappa shape index (κ2) is 8.56. The Kier molecular flexibility index (Phi) is 6.16. The number of halogens is 1. The van der Waals surface area contributed by atoms with Gasteiger partial charge in [-0.25, -0.2) is 0 Å². The summed E-state index contributed by atoms with van der Waals surface area (Å²) in [6, 6.07) is 15.8. The minimum atomic E-state index is -0.0725. The molecule has 0 saturated carbocycles. The number of amides is 1. The summed E-state index contributed by atoms with van der Waals surface area (Å²) in [6.07, 6.45) is 0. The van der Waals surface area contributed by atoms with Crippen molar-refractivity contribution in [2.75, 3.05) is 43.5 Å². The molecule has 1 aliphatic heterocycles. The fraction of sp³-hybridized carbons (Fsp3) is 0.350. The van der Waals surface area contributed by atoms with E-state index in [1.807, 2.05) is 43.3 Å². The third-order valence-electron chi connectivity index (χ3n) is 4.96. The van der Waals surface area contributed by atoms with Crippen molar-refractivity contribution in [3.8, 4) is 5.75 Å². The Morgan fingerprint density at radius 2 is 1.73 bits per heavy atom. The maximum atomic E-state index is 12.5. The molecule has 2 aromatic rings. The summed E-state index contributed by atoms with van der Waals surface area (Å²) in [5, 5.41) is 3.01. The summed E-state index contributed by atoms with van der Waals surface area (Å²) in [6.45, 7) is 5.78. The average molecular weight is 419 g/mol. The van der Waals surface area contributed by atoms with Crippen LogP contribution >= 0.6 is 15.9 Å². The molecule has 138 valence electrons. The van der Waals surface area contributed by atoms with Gasteiger partial charge in [-0.2, -0.15) is 0 Å². The third-order valence-corrected chi connectivity index (χ3v) is 5.49. The second-order valence-electron chi connectivity index (χ2n) is 6.56. The van der Waals surface area contributed by atoms with Gasteiger partial charge in [0.2, 0.25) is 0 Å². The van der Waals surface area contributed by atoms with Gasteiger partial charge >= 0.3 is 0 Å². The number of anilines is 2. The molecule has 26 heavy (non-hydrogen) atoms. The molecule has 0 bridgehead atoms. The lowest BCUT2D eigenvalue weighted by Crippen LogP contribution is -3.19. The predicted octanol–water partition coefficient (Wildman–Crippen LogP) is 2.19. The van der Waals surface area contributed by atoms with Crippen LogP contribution in [0.15, 0.2) is 53.0 Å². The number of carbonyl (C=O) groups is 1. The normalized spacial score (nSPS) is 16.2. The van der Waals surface area contributed by atoms with E-state index >= 15 is 0 Å². The number of rotatable bonds is 5. The van der Waals surface area contributed by atoms with Crippen molar-refractivity contribution in [2.24, 2.45) is 0 Å². The minimum Gasteiger partial charge on any atom is -0.497 e. The molecule has 1 fully saturated rings. The van der Waals surface area contributed by atoms with E-state index in [1.54, 1.807) is 7.11 Å². The van der Waals surface area contributed by atoms with Crippen LogP contribution in [0.4, 0.5) is 11.4 Å². The molecule has 1 aliphatic rings. The highest BCUT2D eigenvalue weighted by Crippen LogP contribution is 2.19. The summed E-state index contributed by atoms with van der Waals surface area (Å²) in [5.41, 5.74) is 2.04. The maximum Gasteiger partial charge on any atom is 0.282 e. The molecule has 5 nitrogen and oxygen atoms in total. The molecule has 1 heterocycles. The number of quaternary nitrogens is 1. The highest BCUT2D eigenvalue weighted by Gasteiger charge is 2.29. The number of nitrogens with one attached hydrogen (secondary N) is 2. The molecule has 3 rings (SSSR count). The lowest BCUT2D eigenvalue weighted by Gasteiger charge is -2.36. The van der Waals surface area contributed by atoms with Gasteiger partial charge < -0.3 is 19.9 Å². The predicted molar refractivity (Wildman–Crippen MR) is 108 cm³/mol. The molecule has 0 aromatic heterocycles. The molecule has 0 aliphatic carbocycles. The van der Waals surface area contributed by atoms with Crippen LogP contribution in [-0.2, 0) is 4.79 Å². The molecule has 2 N–H and O–H groups in total. The highest BCUT2D eigenvalue weighted by molar-refractivity contribution is 9.10. The van der Waals surface area contributed by atoms with Gasteiger partial charge in [-0.3, -0.25) is 4.79 Å². The van der Waals surface area contributed by atoms with Gasteiger partial charge in [0.15, 0.2) is 6.04 Å². The number of nitrogens with zero attached hydrogens (tertiary/aromatic N) is 1. The summed E-state index contributed by atoms with van der Waals surface area (Å²) >= 11 is 3.41. The van der Waals surface area contributed by atoms with Crippen molar-refractivity contribution in [3.05, 3.63) is 53.0 Å². The number of benzene rings is 2. The van der Waals surface area contributed by atoms with Crippen molar-refractivity contribution < 1.29 is 14.4 Å². The molecule has 0 spiro atoms. The first-order valence-electron chi connectivity index (χ1n) is 8.87. The first-order chi connectivity index (χ1) is 12.6. The lowest BCUT2D eigenvalue weighted by molar-refractivity contribution is -0.914. The van der Waals surface area contributed by atoms with Gasteiger partial charge in [0.1, 0.15) is 5.75 Å². The fourth-order valence-electron chi connectivity index (χ4n) is 3.25. The van der Waals surface area contributed by atoms with E-state index in [2.05, 4.69) is 38.3 Å². The number of hydrogen-bond acceptors (Lipinski definition) is 3. The SMILES string of the molecule is COc1ccc(N2CC[NH+]([C@H](C)C(=O)Nc3ccc(Br)cc3)CC2)cc1. The first kappa shape index (κ1) is 18.7. The van der Waals surface area contributed by atoms with Gasteiger partial charge in [0.25, 0.3) is 5.91 Å². The van der Waals surface area contributed by atoms with Crippen LogP contribution in [0.1, 0.15) is 6.92 Å². The average Bonchev–Trinajstić information content (AvgIpc) is 2.69. The number of carbonyl (C=O) groups excluding carboxylic acids is 1. The molecule has 6 heteroatoms. The molecule has 1 atom stereocenters. The zero-order valence-electron chi connectivity index (χ0n) is 15.2. The third kappa shape index (κ3) is 4.56. The van der Waals surface area contributed by atoms with E-state index in [9.17, 15) is 4.79 Å². The summed E-state index contributed by atoms with van der Waals surface area (Å²) in [4.78, 5) is 16.2. The Morgan fingerprint density at radius 3 is 2.31 bits per heavy atom. The van der Waals surface area contributed by atoms with E-state index in [1.165, 1.54) is 10.6 Å². The molecule has 0 radical (unpaired) electrons. The van der Waals surface area contributed by atoms with Gasteiger partial charge in [-0.15, -0.1) is 0 Å². The Morgan fingerprint density at radius 1 is 1.12 bits per heavy atom. The molecular weight excluding hydrogens is 394 g/mol. The van der Waals surface area contributed by atoms with Gasteiger partial charge in [0.05, 0.1) is 33.3 Å². The van der Waals surface area contributed by atoms with E-state index in [-0.39, 0.29) is 11.9 Å². The number of hydrogen-bond donors (Lipinski definition) is 2. The maximum absolute atomic E-state index is 12.5. The van der Waals surface area contributed by atoms with Crippen molar-refractivity contribution in [3.63, 3.8) is 0 Å². The largest absolute Gasteiger partial charge is 0.497 e. The van der Waals surface area contributed by atoms with Crippen molar-refractivity contribution in [1.29, 1.82) is 0 Å². The fourth-order valence-corrected chi connectivity index (χ4v) is 3.51. The zero-order chi connectivity index (χ0) is 18.5. The van der Waals surface area contributed by atoms with Crippen LogP contribution in [0.25, 0.3) is 0 Å². The van der Waals surface area contributed by atoms with Crippen LogP contribution in [-0.4, -0.2) is 45.2 Å². The monoisotopic (exact) mass is 418 g/mol. The molecule has 2 aromatic carbocycles. The van der Waals surface area contributed by atoms with Crippen molar-refractivity contribution >= 4 is 33.2 Å². The Bertz CT molecular complexity index is 726. The topological polar surface area (TPSA) is 46.0 Å². The van der Waals surface area contributed by atoms with Crippen molar-refractivity contribution in [2.45, 2.75) is 13.0 Å². The van der Waals surface area contributed by atoms with Gasteiger partial charge in [0, 0.05) is 15.8 Å². The number of methoxy groups -OCH3 is 1. The van der Waals surface area contributed by atoms with E-state index in [0.717, 1.165) is 42.1 Å². The van der Waals surface area contributed by atoms with Gasteiger partial charge in [-0.05, 0) is 55.5 Å². The lowest BCUT2D eigenvalue weighted by atomic mass is 10.2. The molecule has 1 saturated heterocycles. The van der Waals surface area contributed by atoms with E-state index in [4.69, 9.17) is 4.74 Å². The zero-order valence-corrected chi connectivity index (χ0v) is 16.8. The van der Waals surface area contributed by atoms with Crippen LogP contribution < -0.4 is 19.9 Å². The van der Waals surface area contributed by atoms with Crippen molar-refractivity contribution in [1.82, 2.24) is 0 Å². The van der Waals surface area contributed by atoms with Crippen LogP contribution in [0.3, 0.4) is 0 Å². The standard InChI is InChI=1S/C20H24BrN3O2/c1-15(20(25)22-17-5-3-16(21)4-6-17)23-11-13-24(14-12-23)18-7-9-19(26-2)10-8-18/h3-10,15H,11-14H2,1-2H3,(H,22,25)/p+1/t15-/m1/s1. The van der Waals surface area contributed by atoms with Crippen LogP contribution in [0.5, 0.6) is 5.75 Å². The molecule has 0 unspecified atom stereocenters. The van der Waals surface area contributed by atoms with E-state index < -0.39 is 0 Å². The Hall–Kier alpha value is -2.05. The number of ether oxygens (including phenoxy) is 1. The molecule has 1 amide bonds. The number of piperazine rings is 1. The van der Waals surface area contributed by atoms with E-state index in [0.29, 0.717) is 0 Å². The minimum absolute atomic E-state index is 0.0696. The molecular formula is C20H25BrN3O2+. The van der Waals surface area contributed by atoms with Crippen LogP contribution in [0.2, 0.25) is 0 Å². The quantitative estimate of drug-likeness (QED) is 0.781. The van der Waals surface area contributed by atoms with Crippen LogP contribution in [0, 0.1) is 0 Å². The Balaban J connectivity index is 1.53. The summed E-state index contributed by atoms with van der Waals surface area (Å²) in [5.74, 6) is 0.941. The highest BCUT2D eigenvalue weighted by atomic mass is 79.9. The Labute approximate surface area is 163 Å². The summed E-state index contributed by atoms with van der Waals surface area (Å²) in [7, 11) is 1.68. The smallest absolute Gasteiger partial charge is 0.282 e.